The smallest absolute Gasteiger partial charge is 0.337 e. The lowest BCUT2D eigenvalue weighted by Crippen LogP contribution is -2.55. The van der Waals surface area contributed by atoms with E-state index in [9.17, 15) is 44.4 Å². The number of aliphatic carboxylic acids is 3. The second-order valence-electron chi connectivity index (χ2n) is 13.0. The number of carboxylic acid groups (broad SMARTS) is 3. The van der Waals surface area contributed by atoms with Crippen LogP contribution < -0.4 is 10.1 Å². The topological polar surface area (TPSA) is 188 Å². The van der Waals surface area contributed by atoms with Crippen LogP contribution in [0.1, 0.15) is 128 Å². The molecule has 1 aromatic carbocycles. The van der Waals surface area contributed by atoms with E-state index in [4.69, 9.17) is 4.74 Å². The number of rotatable bonds is 25. The minimum atomic E-state index is -3.01. The quantitative estimate of drug-likeness (QED) is 0.0587. The number of hydrogen-bond acceptors (Lipinski definition) is 7. The van der Waals surface area contributed by atoms with Crippen molar-refractivity contribution >= 4 is 29.6 Å². The number of carbonyl (C=O) groups is 5. The highest BCUT2D eigenvalue weighted by molar-refractivity contribution is 5.94. The SMILES string of the molecule is CCCCCCCC(=O)CCCCCCC=C[C@H](C(=O)N[C@@H](Cc1ccc(OC2CCCCC2)cc1)C(=O)O)[C@@](O)(CC(=O)O)C(=O)O. The molecule has 2 rings (SSSR count). The number of ketones is 1. The van der Waals surface area contributed by atoms with E-state index >= 15 is 0 Å². The molecule has 1 aliphatic rings. The molecule has 1 fully saturated rings. The van der Waals surface area contributed by atoms with Crippen molar-refractivity contribution in [3.63, 3.8) is 0 Å². The van der Waals surface area contributed by atoms with E-state index in [1.807, 2.05) is 0 Å². The summed E-state index contributed by atoms with van der Waals surface area (Å²) in [6, 6.07) is 5.39. The summed E-state index contributed by atoms with van der Waals surface area (Å²) in [4.78, 5) is 61.1. The van der Waals surface area contributed by atoms with Crippen LogP contribution in [0.2, 0.25) is 0 Å². The van der Waals surface area contributed by atoms with Crippen LogP contribution in [0.5, 0.6) is 5.75 Å². The molecule has 1 amide bonds. The maximum Gasteiger partial charge on any atom is 0.337 e. The Morgan fingerprint density at radius 1 is 0.875 bits per heavy atom. The average molecular weight is 674 g/mol. The van der Waals surface area contributed by atoms with E-state index in [2.05, 4.69) is 12.2 Å². The Kier molecular flexibility index (Phi) is 18.5. The standard InChI is InChI=1S/C37H55NO10/c1-2-3-4-7-11-16-28(39)17-12-8-5-6-9-15-20-31(37(47,36(45)46)26-33(40)41)34(42)38-32(35(43)44)25-27-21-23-30(24-22-27)48-29-18-13-10-14-19-29/h15,20-24,29,31-32,47H,2-14,16-19,25-26H2,1H3,(H,38,42)(H,40,41)(H,43,44)(H,45,46)/t31-,32+,37+/m1/s1. The lowest BCUT2D eigenvalue weighted by atomic mass is 9.82. The largest absolute Gasteiger partial charge is 0.490 e. The molecule has 1 saturated carbocycles. The van der Waals surface area contributed by atoms with E-state index in [1.165, 1.54) is 18.9 Å². The Bertz CT molecular complexity index is 1190. The molecule has 0 saturated heterocycles. The first-order valence-electron chi connectivity index (χ1n) is 17.6. The van der Waals surface area contributed by atoms with Crippen LogP contribution in [0.25, 0.3) is 0 Å². The molecule has 3 atom stereocenters. The highest BCUT2D eigenvalue weighted by Gasteiger charge is 2.49. The van der Waals surface area contributed by atoms with Crippen molar-refractivity contribution in [3.8, 4) is 5.75 Å². The molecule has 0 radical (unpaired) electrons. The fourth-order valence-electron chi connectivity index (χ4n) is 6.01. The van der Waals surface area contributed by atoms with Crippen LogP contribution in [0, 0.1) is 5.92 Å². The van der Waals surface area contributed by atoms with Gasteiger partial charge >= 0.3 is 17.9 Å². The van der Waals surface area contributed by atoms with Crippen molar-refractivity contribution in [1.29, 1.82) is 0 Å². The third-order valence-electron chi connectivity index (χ3n) is 8.88. The number of aliphatic hydroxyl groups is 1. The first-order chi connectivity index (χ1) is 23.0. The first kappa shape index (κ1) is 40.4. The van der Waals surface area contributed by atoms with Crippen LogP contribution in [-0.2, 0) is 30.4 Å². The molecule has 0 aromatic heterocycles. The van der Waals surface area contributed by atoms with Crippen LogP contribution >= 0.6 is 0 Å². The van der Waals surface area contributed by atoms with Gasteiger partial charge in [-0.15, -0.1) is 0 Å². The van der Waals surface area contributed by atoms with Crippen molar-refractivity contribution in [2.24, 2.45) is 5.92 Å². The van der Waals surface area contributed by atoms with Gasteiger partial charge in [0.2, 0.25) is 5.91 Å². The van der Waals surface area contributed by atoms with Gasteiger partial charge in [0.1, 0.15) is 17.6 Å². The molecule has 0 bridgehead atoms. The summed E-state index contributed by atoms with van der Waals surface area (Å²) in [5.74, 6) is -6.97. The van der Waals surface area contributed by atoms with Gasteiger partial charge in [0, 0.05) is 19.3 Å². The van der Waals surface area contributed by atoms with E-state index in [0.29, 0.717) is 37.0 Å². The molecular weight excluding hydrogens is 618 g/mol. The summed E-state index contributed by atoms with van der Waals surface area (Å²) in [6.45, 7) is 2.15. The second-order valence-corrected chi connectivity index (χ2v) is 13.0. The summed E-state index contributed by atoms with van der Waals surface area (Å²) in [5, 5.41) is 42.2. The van der Waals surface area contributed by atoms with Gasteiger partial charge in [-0.25, -0.2) is 9.59 Å². The molecule has 0 spiro atoms. The van der Waals surface area contributed by atoms with Crippen LogP contribution in [0.4, 0.5) is 0 Å². The molecule has 1 aliphatic carbocycles. The van der Waals surface area contributed by atoms with Crippen molar-refractivity contribution in [3.05, 3.63) is 42.0 Å². The summed E-state index contributed by atoms with van der Waals surface area (Å²) < 4.78 is 6.02. The number of ether oxygens (including phenoxy) is 1. The maximum absolute atomic E-state index is 13.4. The van der Waals surface area contributed by atoms with E-state index in [-0.39, 0.29) is 18.3 Å². The van der Waals surface area contributed by atoms with Crippen molar-refractivity contribution in [1.82, 2.24) is 5.32 Å². The Balaban J connectivity index is 1.97. The summed E-state index contributed by atoms with van der Waals surface area (Å²) in [7, 11) is 0. The Hall–Kier alpha value is -3.73. The Labute approximate surface area is 284 Å². The van der Waals surface area contributed by atoms with Crippen molar-refractivity contribution in [2.45, 2.75) is 147 Å². The monoisotopic (exact) mass is 673 g/mol. The van der Waals surface area contributed by atoms with E-state index in [0.717, 1.165) is 76.7 Å². The number of nitrogens with one attached hydrogen (secondary N) is 1. The molecule has 1 aromatic rings. The second kappa shape index (κ2) is 22.0. The number of carbonyl (C=O) groups excluding carboxylic acids is 2. The van der Waals surface area contributed by atoms with Gasteiger partial charge in [-0.3, -0.25) is 14.4 Å². The molecule has 0 aliphatic heterocycles. The number of allylic oxidation sites excluding steroid dienone is 1. The summed E-state index contributed by atoms with van der Waals surface area (Å²) in [6.07, 6.45) is 16.9. The van der Waals surface area contributed by atoms with Gasteiger partial charge in [0.15, 0.2) is 5.60 Å². The van der Waals surface area contributed by atoms with E-state index < -0.39 is 47.8 Å². The highest BCUT2D eigenvalue weighted by Crippen LogP contribution is 2.27. The van der Waals surface area contributed by atoms with Gasteiger partial charge < -0.3 is 30.5 Å². The first-order valence-corrected chi connectivity index (χ1v) is 17.6. The fraction of sp³-hybridized carbons (Fsp3) is 0.649. The zero-order valence-corrected chi connectivity index (χ0v) is 28.4. The van der Waals surface area contributed by atoms with Gasteiger partial charge in [-0.2, -0.15) is 0 Å². The molecule has 0 unspecified atom stereocenters. The minimum absolute atomic E-state index is 0.132. The number of Topliss-reactive ketones (excluding diaryl/α,β-unsaturated/α-hetero) is 1. The summed E-state index contributed by atoms with van der Waals surface area (Å²) >= 11 is 0. The molecule has 268 valence electrons. The zero-order chi connectivity index (χ0) is 35.4. The fourth-order valence-corrected chi connectivity index (χ4v) is 6.01. The van der Waals surface area contributed by atoms with Crippen LogP contribution in [-0.4, -0.2) is 67.8 Å². The lowest BCUT2D eigenvalue weighted by Gasteiger charge is -2.29. The van der Waals surface area contributed by atoms with Crippen LogP contribution in [0.3, 0.4) is 0 Å². The Morgan fingerprint density at radius 3 is 2.04 bits per heavy atom. The Morgan fingerprint density at radius 2 is 1.48 bits per heavy atom. The van der Waals surface area contributed by atoms with E-state index in [1.54, 1.807) is 24.3 Å². The normalized spacial score (nSPS) is 16.1. The third-order valence-corrected chi connectivity index (χ3v) is 8.88. The molecule has 11 heteroatoms. The number of hydrogen-bond donors (Lipinski definition) is 5. The third kappa shape index (κ3) is 15.0. The zero-order valence-electron chi connectivity index (χ0n) is 28.4. The molecular formula is C37H55NO10. The van der Waals surface area contributed by atoms with Crippen molar-refractivity contribution < 1.29 is 49.1 Å². The van der Waals surface area contributed by atoms with Gasteiger partial charge in [-0.05, 0) is 69.1 Å². The molecule has 11 nitrogen and oxygen atoms in total. The summed E-state index contributed by atoms with van der Waals surface area (Å²) in [5.41, 5.74) is -2.43. The van der Waals surface area contributed by atoms with Crippen LogP contribution in [0.15, 0.2) is 36.4 Å². The number of carboxylic acids is 3. The minimum Gasteiger partial charge on any atom is -0.490 e. The predicted molar refractivity (Wildman–Crippen MR) is 181 cm³/mol. The number of unbranched alkanes of at least 4 members (excludes halogenated alkanes) is 8. The molecule has 0 heterocycles. The van der Waals surface area contributed by atoms with Gasteiger partial charge in [0.05, 0.1) is 18.4 Å². The van der Waals surface area contributed by atoms with Gasteiger partial charge in [-0.1, -0.05) is 76.2 Å². The van der Waals surface area contributed by atoms with Crippen molar-refractivity contribution in [2.75, 3.05) is 0 Å². The maximum atomic E-state index is 13.4. The highest BCUT2D eigenvalue weighted by atomic mass is 16.5. The average Bonchev–Trinajstić information content (AvgIpc) is 3.04. The molecule has 5 N–H and O–H groups in total. The lowest BCUT2D eigenvalue weighted by molar-refractivity contribution is -0.172. The number of benzene rings is 1. The number of amides is 1. The molecule has 48 heavy (non-hydrogen) atoms. The predicted octanol–water partition coefficient (Wildman–Crippen LogP) is 6.24. The van der Waals surface area contributed by atoms with Gasteiger partial charge in [0.25, 0.3) is 0 Å².